The van der Waals surface area contributed by atoms with E-state index in [1.54, 1.807) is 12.0 Å². The molecule has 3 rings (SSSR count). The Morgan fingerprint density at radius 2 is 1.96 bits per heavy atom. The molecule has 0 fully saturated rings. The third kappa shape index (κ3) is 3.79. The first kappa shape index (κ1) is 20.4. The average Bonchev–Trinajstić information content (AvgIpc) is 2.70. The Kier molecular flexibility index (Phi) is 6.09. The maximum absolute atomic E-state index is 13.1. The zero-order valence-electron chi connectivity index (χ0n) is 17.5. The molecule has 0 aromatic heterocycles. The number of hydrogen-bond acceptors (Lipinski definition) is 3. The minimum atomic E-state index is -0.651. The summed E-state index contributed by atoms with van der Waals surface area (Å²) in [6, 6.07) is 12.0. The number of hydrogen-bond donors (Lipinski definition) is 1. The van der Waals surface area contributed by atoms with Crippen molar-refractivity contribution >= 4 is 5.91 Å². The van der Waals surface area contributed by atoms with E-state index < -0.39 is 6.10 Å². The molecular weight excluding hydrogens is 350 g/mol. The summed E-state index contributed by atoms with van der Waals surface area (Å²) in [5.41, 5.74) is 5.40. The van der Waals surface area contributed by atoms with Crippen molar-refractivity contribution < 1.29 is 14.6 Å². The van der Waals surface area contributed by atoms with E-state index in [0.29, 0.717) is 6.54 Å². The van der Waals surface area contributed by atoms with Crippen LogP contribution in [0.3, 0.4) is 0 Å². The molecule has 1 amide bonds. The van der Waals surface area contributed by atoms with E-state index in [2.05, 4.69) is 6.92 Å². The normalized spacial score (nSPS) is 19.6. The molecule has 0 spiro atoms. The Labute approximate surface area is 168 Å². The van der Waals surface area contributed by atoms with Gasteiger partial charge in [-0.05, 0) is 60.6 Å². The van der Waals surface area contributed by atoms with E-state index in [9.17, 15) is 9.90 Å². The standard InChI is InChI=1S/C24H31NO3/c1-15-13-21(28-5)17(3)22-19(15)11-12-20(23(22)26)16(2)24(27)25(4)14-18-9-7-6-8-10-18/h6-10,13,16,20,23,26H,11-12,14H2,1-5H3. The quantitative estimate of drug-likeness (QED) is 0.844. The highest BCUT2D eigenvalue weighted by Crippen LogP contribution is 2.44. The van der Waals surface area contributed by atoms with Crippen LogP contribution < -0.4 is 4.74 Å². The fourth-order valence-corrected chi connectivity index (χ4v) is 4.58. The zero-order chi connectivity index (χ0) is 20.4. The maximum Gasteiger partial charge on any atom is 0.225 e. The molecule has 0 saturated heterocycles. The summed E-state index contributed by atoms with van der Waals surface area (Å²) in [6.07, 6.45) is 1.04. The Morgan fingerprint density at radius 3 is 2.61 bits per heavy atom. The molecule has 0 radical (unpaired) electrons. The van der Waals surface area contributed by atoms with Crippen molar-refractivity contribution in [2.75, 3.05) is 14.2 Å². The van der Waals surface area contributed by atoms with Gasteiger partial charge >= 0.3 is 0 Å². The minimum absolute atomic E-state index is 0.0774. The molecule has 0 bridgehead atoms. The number of ether oxygens (including phenoxy) is 1. The molecule has 3 unspecified atom stereocenters. The fourth-order valence-electron chi connectivity index (χ4n) is 4.58. The molecule has 1 N–H and O–H groups in total. The van der Waals surface area contributed by atoms with Gasteiger partial charge in [-0.25, -0.2) is 0 Å². The monoisotopic (exact) mass is 381 g/mol. The SMILES string of the molecule is COc1cc(C)c2c(c1C)C(O)C(C(C)C(=O)N(C)Cc1ccccc1)CC2. The van der Waals surface area contributed by atoms with Crippen LogP contribution in [0.4, 0.5) is 0 Å². The number of nitrogens with zero attached hydrogens (tertiary/aromatic N) is 1. The lowest BCUT2D eigenvalue weighted by molar-refractivity contribution is -0.138. The molecule has 1 aliphatic carbocycles. The van der Waals surface area contributed by atoms with Crippen LogP contribution >= 0.6 is 0 Å². The summed E-state index contributed by atoms with van der Waals surface area (Å²) in [5.74, 6) is 0.538. The number of carbonyl (C=O) groups is 1. The van der Waals surface area contributed by atoms with Crippen molar-refractivity contribution in [1.29, 1.82) is 0 Å². The summed E-state index contributed by atoms with van der Waals surface area (Å²) < 4.78 is 5.50. The second kappa shape index (κ2) is 8.36. The van der Waals surface area contributed by atoms with Crippen LogP contribution in [0.15, 0.2) is 36.4 Å². The number of amides is 1. The van der Waals surface area contributed by atoms with E-state index in [4.69, 9.17) is 4.74 Å². The number of aliphatic hydroxyl groups is 1. The summed E-state index contributed by atoms with van der Waals surface area (Å²) >= 11 is 0. The van der Waals surface area contributed by atoms with Crippen molar-refractivity contribution in [3.05, 3.63) is 64.2 Å². The van der Waals surface area contributed by atoms with Gasteiger partial charge in [-0.2, -0.15) is 0 Å². The van der Waals surface area contributed by atoms with Gasteiger partial charge in [0.2, 0.25) is 5.91 Å². The van der Waals surface area contributed by atoms with Gasteiger partial charge < -0.3 is 14.7 Å². The highest BCUT2D eigenvalue weighted by Gasteiger charge is 2.38. The third-order valence-electron chi connectivity index (χ3n) is 6.24. The molecule has 0 heterocycles. The lowest BCUT2D eigenvalue weighted by Crippen LogP contribution is -2.38. The van der Waals surface area contributed by atoms with Gasteiger partial charge in [0.1, 0.15) is 5.75 Å². The van der Waals surface area contributed by atoms with E-state index in [1.807, 2.05) is 57.3 Å². The zero-order valence-corrected chi connectivity index (χ0v) is 17.5. The minimum Gasteiger partial charge on any atom is -0.496 e. The van der Waals surface area contributed by atoms with Gasteiger partial charge in [-0.1, -0.05) is 37.3 Å². The van der Waals surface area contributed by atoms with Crippen molar-refractivity contribution in [1.82, 2.24) is 4.90 Å². The Bertz CT molecular complexity index is 847. The molecule has 3 atom stereocenters. The maximum atomic E-state index is 13.1. The van der Waals surface area contributed by atoms with E-state index in [-0.39, 0.29) is 17.7 Å². The van der Waals surface area contributed by atoms with Gasteiger partial charge in [-0.3, -0.25) is 4.79 Å². The number of fused-ring (bicyclic) bond motifs is 1. The van der Waals surface area contributed by atoms with Gasteiger partial charge in [0.15, 0.2) is 0 Å². The summed E-state index contributed by atoms with van der Waals surface area (Å²) in [7, 11) is 3.50. The number of aliphatic hydroxyl groups excluding tert-OH is 1. The van der Waals surface area contributed by atoms with Crippen LogP contribution in [0.2, 0.25) is 0 Å². The predicted molar refractivity (Wildman–Crippen MR) is 111 cm³/mol. The summed E-state index contributed by atoms with van der Waals surface area (Å²) in [5, 5.41) is 11.2. The lowest BCUT2D eigenvalue weighted by Gasteiger charge is -2.37. The molecule has 2 aromatic rings. The average molecular weight is 382 g/mol. The van der Waals surface area contributed by atoms with Gasteiger partial charge in [0.25, 0.3) is 0 Å². The highest BCUT2D eigenvalue weighted by molar-refractivity contribution is 5.78. The smallest absolute Gasteiger partial charge is 0.225 e. The van der Waals surface area contributed by atoms with Crippen LogP contribution in [0.1, 0.15) is 47.3 Å². The van der Waals surface area contributed by atoms with Crippen LogP contribution in [0.5, 0.6) is 5.75 Å². The Hall–Kier alpha value is -2.33. The molecule has 28 heavy (non-hydrogen) atoms. The molecule has 0 saturated carbocycles. The Morgan fingerprint density at radius 1 is 1.29 bits per heavy atom. The molecule has 4 heteroatoms. The number of benzene rings is 2. The topological polar surface area (TPSA) is 49.8 Å². The number of methoxy groups -OCH3 is 1. The van der Waals surface area contributed by atoms with Crippen molar-refractivity contribution in [3.8, 4) is 5.75 Å². The molecule has 4 nitrogen and oxygen atoms in total. The predicted octanol–water partition coefficient (Wildman–Crippen LogP) is 4.20. The molecular formula is C24H31NO3. The largest absolute Gasteiger partial charge is 0.496 e. The lowest BCUT2D eigenvalue weighted by atomic mass is 9.72. The van der Waals surface area contributed by atoms with Crippen LogP contribution in [-0.4, -0.2) is 30.1 Å². The number of carbonyl (C=O) groups excluding carboxylic acids is 1. The number of rotatable bonds is 5. The van der Waals surface area contributed by atoms with Crippen molar-refractivity contribution in [2.45, 2.75) is 46.3 Å². The second-order valence-corrected chi connectivity index (χ2v) is 8.03. The first-order chi connectivity index (χ1) is 13.3. The van der Waals surface area contributed by atoms with E-state index >= 15 is 0 Å². The second-order valence-electron chi connectivity index (χ2n) is 8.03. The first-order valence-electron chi connectivity index (χ1n) is 9.99. The number of aryl methyl sites for hydroxylation is 1. The van der Waals surface area contributed by atoms with Gasteiger partial charge in [0, 0.05) is 25.4 Å². The van der Waals surface area contributed by atoms with Gasteiger partial charge in [-0.15, -0.1) is 0 Å². The van der Waals surface area contributed by atoms with E-state index in [1.165, 1.54) is 5.56 Å². The van der Waals surface area contributed by atoms with Crippen molar-refractivity contribution in [2.24, 2.45) is 11.8 Å². The highest BCUT2D eigenvalue weighted by atomic mass is 16.5. The summed E-state index contributed by atoms with van der Waals surface area (Å²) in [6.45, 7) is 6.59. The fraction of sp³-hybridized carbons (Fsp3) is 0.458. The van der Waals surface area contributed by atoms with E-state index in [0.717, 1.165) is 40.8 Å². The molecule has 0 aliphatic heterocycles. The van der Waals surface area contributed by atoms with Crippen LogP contribution in [-0.2, 0) is 17.8 Å². The van der Waals surface area contributed by atoms with Gasteiger partial charge in [0.05, 0.1) is 13.2 Å². The molecule has 150 valence electrons. The summed E-state index contributed by atoms with van der Waals surface area (Å²) in [4.78, 5) is 14.8. The molecule has 2 aromatic carbocycles. The van der Waals surface area contributed by atoms with Crippen molar-refractivity contribution in [3.63, 3.8) is 0 Å². The van der Waals surface area contributed by atoms with Crippen LogP contribution in [0.25, 0.3) is 0 Å². The third-order valence-corrected chi connectivity index (χ3v) is 6.24. The molecule has 1 aliphatic rings. The van der Waals surface area contributed by atoms with Crippen LogP contribution in [0, 0.1) is 25.7 Å². The first-order valence-corrected chi connectivity index (χ1v) is 9.99. The Balaban J connectivity index is 1.81.